The number of nitrogens with zero attached hydrogens (tertiary/aromatic N) is 3. The summed E-state index contributed by atoms with van der Waals surface area (Å²) in [5.74, 6) is 0.258. The fourth-order valence-electron chi connectivity index (χ4n) is 2.94. The number of amides is 1. The van der Waals surface area contributed by atoms with Crippen molar-refractivity contribution in [2.45, 2.75) is 31.5 Å². The van der Waals surface area contributed by atoms with Crippen LogP contribution in [0.2, 0.25) is 0 Å². The van der Waals surface area contributed by atoms with Gasteiger partial charge in [-0.25, -0.2) is 4.98 Å². The second-order valence-corrected chi connectivity index (χ2v) is 8.50. The van der Waals surface area contributed by atoms with Gasteiger partial charge in [0.25, 0.3) is 5.56 Å². The lowest BCUT2D eigenvalue weighted by atomic mass is 9.90. The number of ether oxygens (including phenoxy) is 1. The van der Waals surface area contributed by atoms with E-state index >= 15 is 0 Å². The van der Waals surface area contributed by atoms with E-state index in [-0.39, 0.29) is 23.1 Å². The Bertz CT molecular complexity index is 1220. The molecule has 1 atom stereocenters. The predicted molar refractivity (Wildman–Crippen MR) is 122 cm³/mol. The molecule has 0 aliphatic carbocycles. The van der Waals surface area contributed by atoms with Crippen LogP contribution in [0.1, 0.15) is 20.8 Å². The minimum Gasteiger partial charge on any atom is -0.497 e. The SMILES string of the molecule is COc1cccc(-n2c(SCC(=O)N[C@@](C)(C#N)C(C)C)nc3ccccc3c2=O)c1. The molecule has 7 nitrogen and oxygen atoms in total. The Balaban J connectivity index is 2.00. The normalized spacial score (nSPS) is 12.9. The number of carbonyl (C=O) groups excluding carboxylic acids is 1. The van der Waals surface area contributed by atoms with Gasteiger partial charge in [-0.05, 0) is 37.1 Å². The molecule has 160 valence electrons. The summed E-state index contributed by atoms with van der Waals surface area (Å²) in [4.78, 5) is 30.5. The largest absolute Gasteiger partial charge is 0.497 e. The molecule has 2 aromatic carbocycles. The molecule has 8 heteroatoms. The molecule has 31 heavy (non-hydrogen) atoms. The Morgan fingerprint density at radius 3 is 2.71 bits per heavy atom. The summed E-state index contributed by atoms with van der Waals surface area (Å²) in [6.07, 6.45) is 0. The molecular weight excluding hydrogens is 412 g/mol. The van der Waals surface area contributed by atoms with Crippen molar-refractivity contribution in [1.82, 2.24) is 14.9 Å². The van der Waals surface area contributed by atoms with E-state index in [1.165, 1.54) is 4.57 Å². The number of nitrogens with one attached hydrogen (secondary N) is 1. The third kappa shape index (κ3) is 4.72. The van der Waals surface area contributed by atoms with Gasteiger partial charge in [-0.1, -0.05) is 43.8 Å². The molecule has 0 saturated carbocycles. The number of fused-ring (bicyclic) bond motifs is 1. The highest BCUT2D eigenvalue weighted by atomic mass is 32.2. The zero-order chi connectivity index (χ0) is 22.6. The molecule has 0 bridgehead atoms. The number of hydrogen-bond donors (Lipinski definition) is 1. The van der Waals surface area contributed by atoms with Crippen LogP contribution in [0.4, 0.5) is 0 Å². The topological polar surface area (TPSA) is 97.0 Å². The molecule has 3 aromatic rings. The summed E-state index contributed by atoms with van der Waals surface area (Å²) in [6, 6.07) is 16.4. The zero-order valence-corrected chi connectivity index (χ0v) is 18.7. The van der Waals surface area contributed by atoms with Crippen LogP contribution in [-0.4, -0.2) is 33.9 Å². The number of carbonyl (C=O) groups is 1. The number of thioether (sulfide) groups is 1. The second-order valence-electron chi connectivity index (χ2n) is 7.56. The van der Waals surface area contributed by atoms with Gasteiger partial charge >= 0.3 is 0 Å². The summed E-state index contributed by atoms with van der Waals surface area (Å²) in [6.45, 7) is 5.45. The minimum atomic E-state index is -0.971. The van der Waals surface area contributed by atoms with Gasteiger partial charge in [-0.3, -0.25) is 14.2 Å². The van der Waals surface area contributed by atoms with Crippen LogP contribution in [0.5, 0.6) is 5.75 Å². The van der Waals surface area contributed by atoms with Gasteiger partial charge in [0.15, 0.2) is 5.16 Å². The molecule has 0 aliphatic heterocycles. The molecule has 1 N–H and O–H groups in total. The van der Waals surface area contributed by atoms with E-state index in [0.717, 1.165) is 11.8 Å². The monoisotopic (exact) mass is 436 g/mol. The standard InChI is InChI=1S/C23H24N4O3S/c1-15(2)23(3,14-24)26-20(28)13-31-22-25-19-11-6-5-10-18(19)21(29)27(22)16-8-7-9-17(12-16)30-4/h5-12,15H,13H2,1-4H3,(H,26,28)/t23-/m0/s1. The van der Waals surface area contributed by atoms with Crippen molar-refractivity contribution >= 4 is 28.6 Å². The predicted octanol–water partition coefficient (Wildman–Crippen LogP) is 3.54. The van der Waals surface area contributed by atoms with Crippen LogP contribution in [0.25, 0.3) is 16.6 Å². The molecule has 0 aliphatic rings. The number of hydrogen-bond acceptors (Lipinski definition) is 6. The Hall–Kier alpha value is -3.31. The number of benzene rings is 2. The van der Waals surface area contributed by atoms with Crippen LogP contribution in [0, 0.1) is 17.2 Å². The average molecular weight is 437 g/mol. The number of nitriles is 1. The maximum absolute atomic E-state index is 13.3. The quantitative estimate of drug-likeness (QED) is 0.449. The van der Waals surface area contributed by atoms with E-state index in [1.807, 2.05) is 19.9 Å². The van der Waals surface area contributed by atoms with Crippen molar-refractivity contribution in [3.63, 3.8) is 0 Å². The van der Waals surface area contributed by atoms with E-state index < -0.39 is 5.54 Å². The van der Waals surface area contributed by atoms with Crippen LogP contribution in [0.15, 0.2) is 58.5 Å². The molecule has 1 aromatic heterocycles. The lowest BCUT2D eigenvalue weighted by Gasteiger charge is -2.27. The second kappa shape index (κ2) is 9.23. The molecule has 1 amide bonds. The summed E-state index contributed by atoms with van der Waals surface area (Å²) >= 11 is 1.14. The lowest BCUT2D eigenvalue weighted by molar-refractivity contribution is -0.120. The Kier molecular flexibility index (Phi) is 6.66. The third-order valence-electron chi connectivity index (χ3n) is 5.17. The summed E-state index contributed by atoms with van der Waals surface area (Å²) in [5.41, 5.74) is -0.0556. The lowest BCUT2D eigenvalue weighted by Crippen LogP contribution is -2.49. The molecular formula is C23H24N4O3S. The highest BCUT2D eigenvalue weighted by Gasteiger charge is 2.30. The Morgan fingerprint density at radius 1 is 1.29 bits per heavy atom. The van der Waals surface area contributed by atoms with Gasteiger partial charge in [-0.2, -0.15) is 5.26 Å². The van der Waals surface area contributed by atoms with E-state index in [9.17, 15) is 14.9 Å². The first-order valence-electron chi connectivity index (χ1n) is 9.80. The molecule has 1 heterocycles. The molecule has 0 fully saturated rings. The van der Waals surface area contributed by atoms with Crippen LogP contribution in [-0.2, 0) is 4.79 Å². The van der Waals surface area contributed by atoms with Gasteiger partial charge in [0.05, 0.1) is 35.5 Å². The van der Waals surface area contributed by atoms with Crippen molar-refractivity contribution in [3.05, 3.63) is 58.9 Å². The summed E-state index contributed by atoms with van der Waals surface area (Å²) in [7, 11) is 1.56. The van der Waals surface area contributed by atoms with Crippen molar-refractivity contribution < 1.29 is 9.53 Å². The van der Waals surface area contributed by atoms with E-state index in [4.69, 9.17) is 4.74 Å². The molecule has 0 spiro atoms. The van der Waals surface area contributed by atoms with Crippen molar-refractivity contribution in [2.24, 2.45) is 5.92 Å². The van der Waals surface area contributed by atoms with Gasteiger partial charge < -0.3 is 10.1 Å². The zero-order valence-electron chi connectivity index (χ0n) is 17.9. The fraction of sp³-hybridized carbons (Fsp3) is 0.304. The van der Waals surface area contributed by atoms with Crippen LogP contribution in [0.3, 0.4) is 0 Å². The van der Waals surface area contributed by atoms with E-state index in [0.29, 0.717) is 27.5 Å². The third-order valence-corrected chi connectivity index (χ3v) is 6.11. The first kappa shape index (κ1) is 22.4. The molecule has 3 rings (SSSR count). The molecule has 0 radical (unpaired) electrons. The molecule has 0 saturated heterocycles. The van der Waals surface area contributed by atoms with Crippen molar-refractivity contribution in [1.29, 1.82) is 5.26 Å². The number of methoxy groups -OCH3 is 1. The van der Waals surface area contributed by atoms with Gasteiger partial charge in [0, 0.05) is 6.07 Å². The summed E-state index contributed by atoms with van der Waals surface area (Å²) < 4.78 is 6.77. The summed E-state index contributed by atoms with van der Waals surface area (Å²) in [5, 5.41) is 13.1. The number of rotatable bonds is 7. The Morgan fingerprint density at radius 2 is 2.03 bits per heavy atom. The maximum atomic E-state index is 13.3. The van der Waals surface area contributed by atoms with Crippen molar-refractivity contribution in [3.8, 4) is 17.5 Å². The van der Waals surface area contributed by atoms with Crippen molar-refractivity contribution in [2.75, 3.05) is 12.9 Å². The van der Waals surface area contributed by atoms with Gasteiger partial charge in [0.1, 0.15) is 11.3 Å². The van der Waals surface area contributed by atoms with Gasteiger partial charge in [-0.15, -0.1) is 0 Å². The number of aromatic nitrogens is 2. The number of para-hydroxylation sites is 1. The minimum absolute atomic E-state index is 0.0126. The van der Waals surface area contributed by atoms with Crippen LogP contribution < -0.4 is 15.6 Å². The van der Waals surface area contributed by atoms with E-state index in [2.05, 4.69) is 16.4 Å². The average Bonchev–Trinajstić information content (AvgIpc) is 2.77. The smallest absolute Gasteiger partial charge is 0.266 e. The fourth-order valence-corrected chi connectivity index (χ4v) is 3.76. The maximum Gasteiger partial charge on any atom is 0.266 e. The van der Waals surface area contributed by atoms with Gasteiger partial charge in [0.2, 0.25) is 5.91 Å². The van der Waals surface area contributed by atoms with Crippen LogP contribution >= 0.6 is 11.8 Å². The highest BCUT2D eigenvalue weighted by Crippen LogP contribution is 2.24. The first-order chi connectivity index (χ1) is 14.8. The Labute approximate surface area is 185 Å². The first-order valence-corrected chi connectivity index (χ1v) is 10.8. The molecule has 0 unspecified atom stereocenters. The van der Waals surface area contributed by atoms with E-state index in [1.54, 1.807) is 56.5 Å². The highest BCUT2D eigenvalue weighted by molar-refractivity contribution is 7.99.